The third-order valence-electron chi connectivity index (χ3n) is 10.7. The molecule has 7 atom stereocenters. The molecule has 0 radical (unpaired) electrons. The maximum Gasteiger partial charge on any atom is 0.264 e. The van der Waals surface area contributed by atoms with E-state index in [-0.39, 0.29) is 48.1 Å². The van der Waals surface area contributed by atoms with Crippen LogP contribution >= 0.6 is 12.2 Å². The molecular formula is C32H47N5O11S3. The Kier molecular flexibility index (Phi) is 12.5. The minimum atomic E-state index is -3.40. The van der Waals surface area contributed by atoms with Crippen molar-refractivity contribution in [3.05, 3.63) is 34.8 Å². The minimum absolute atomic E-state index is 0.00912. The molecule has 0 aromatic carbocycles. The summed E-state index contributed by atoms with van der Waals surface area (Å²) in [5.74, 6) is 0.0601. The van der Waals surface area contributed by atoms with Gasteiger partial charge in [0.1, 0.15) is 22.4 Å². The number of nitrogens with zero attached hydrogens (tertiary/aromatic N) is 2. The highest BCUT2D eigenvalue weighted by Gasteiger charge is 2.67. The zero-order chi connectivity index (χ0) is 38.0. The normalized spacial score (nSPS) is 31.3. The van der Waals surface area contributed by atoms with Gasteiger partial charge in [0.15, 0.2) is 17.2 Å². The molecule has 19 heteroatoms. The summed E-state index contributed by atoms with van der Waals surface area (Å²) in [5.41, 5.74) is 5.12. The maximum atomic E-state index is 12.4. The monoisotopic (exact) mass is 773 g/mol. The average molecular weight is 774 g/mol. The summed E-state index contributed by atoms with van der Waals surface area (Å²) in [7, 11) is -6.80. The number of nitrogen functional groups attached to an aromatic ring is 1. The average Bonchev–Trinajstić information content (AvgIpc) is 3.60. The van der Waals surface area contributed by atoms with E-state index >= 15 is 0 Å². The lowest BCUT2D eigenvalue weighted by Crippen LogP contribution is -2.61. The number of carbonyl (C=O) groups excluding carboxylic acids is 2. The Hall–Kier alpha value is -2.91. The fourth-order valence-corrected chi connectivity index (χ4v) is 9.50. The van der Waals surface area contributed by atoms with Crippen molar-refractivity contribution in [3.8, 4) is 0 Å². The van der Waals surface area contributed by atoms with Gasteiger partial charge in [-0.3, -0.25) is 18.0 Å². The number of imidazole rings is 1. The summed E-state index contributed by atoms with van der Waals surface area (Å²) in [6, 6.07) is 0. The van der Waals surface area contributed by atoms with Gasteiger partial charge >= 0.3 is 0 Å². The van der Waals surface area contributed by atoms with Crippen LogP contribution in [-0.4, -0.2) is 108 Å². The Morgan fingerprint density at radius 3 is 2.33 bits per heavy atom. The molecule has 0 bridgehead atoms. The van der Waals surface area contributed by atoms with Crippen LogP contribution in [0.2, 0.25) is 0 Å². The number of carbonyl (C=O) groups is 2. The van der Waals surface area contributed by atoms with Gasteiger partial charge in [-0.1, -0.05) is 37.7 Å². The van der Waals surface area contributed by atoms with Gasteiger partial charge in [-0.05, 0) is 68.9 Å². The number of aromatic amines is 2. The summed E-state index contributed by atoms with van der Waals surface area (Å²) in [6.45, 7) is 3.44. The highest BCUT2D eigenvalue weighted by Crippen LogP contribution is 2.67. The molecule has 0 saturated heterocycles. The molecule has 0 aliphatic heterocycles. The van der Waals surface area contributed by atoms with Crippen LogP contribution in [0.25, 0.3) is 11.2 Å². The number of rotatable bonds is 9. The van der Waals surface area contributed by atoms with Gasteiger partial charge in [0.05, 0.1) is 38.2 Å². The molecule has 4 aliphatic rings. The Bertz CT molecular complexity index is 1920. The zero-order valence-corrected chi connectivity index (χ0v) is 31.4. The second-order valence-electron chi connectivity index (χ2n) is 14.0. The second kappa shape index (κ2) is 15.6. The molecule has 2 aromatic rings. The van der Waals surface area contributed by atoms with E-state index in [1.165, 1.54) is 6.33 Å². The lowest BCUT2D eigenvalue weighted by atomic mass is 9.46. The van der Waals surface area contributed by atoms with Gasteiger partial charge in [0.25, 0.3) is 20.2 Å². The maximum absolute atomic E-state index is 12.4. The van der Waals surface area contributed by atoms with E-state index in [1.54, 1.807) is 12.2 Å². The molecule has 16 nitrogen and oxygen atoms in total. The van der Waals surface area contributed by atoms with E-state index in [0.717, 1.165) is 37.3 Å². The van der Waals surface area contributed by atoms with Crippen molar-refractivity contribution < 1.29 is 50.1 Å². The summed E-state index contributed by atoms with van der Waals surface area (Å²) in [6.07, 6.45) is 12.0. The van der Waals surface area contributed by atoms with Crippen LogP contribution in [0.3, 0.4) is 0 Å². The number of hydrogen-bond acceptors (Lipinski definition) is 15. The van der Waals surface area contributed by atoms with Crippen molar-refractivity contribution in [2.24, 2.45) is 28.6 Å². The van der Waals surface area contributed by atoms with Gasteiger partial charge in [0, 0.05) is 16.7 Å². The Morgan fingerprint density at radius 2 is 1.75 bits per heavy atom. The van der Waals surface area contributed by atoms with E-state index in [0.29, 0.717) is 41.5 Å². The first-order valence-electron chi connectivity index (χ1n) is 16.5. The largest absolute Gasteiger partial charge is 0.393 e. The van der Waals surface area contributed by atoms with Crippen LogP contribution in [0.1, 0.15) is 58.8 Å². The molecule has 2 aromatic heterocycles. The number of ketones is 2. The number of H-pyrrole nitrogens is 2. The molecule has 0 spiro atoms. The van der Waals surface area contributed by atoms with Gasteiger partial charge in [0.2, 0.25) is 5.95 Å². The first kappa shape index (κ1) is 40.9. The van der Waals surface area contributed by atoms with Crippen molar-refractivity contribution in [1.82, 2.24) is 19.9 Å². The van der Waals surface area contributed by atoms with Crippen molar-refractivity contribution in [2.75, 3.05) is 38.1 Å². The van der Waals surface area contributed by atoms with Crippen molar-refractivity contribution in [1.29, 1.82) is 0 Å². The third kappa shape index (κ3) is 9.01. The zero-order valence-electron chi connectivity index (χ0n) is 29.0. The van der Waals surface area contributed by atoms with Crippen LogP contribution in [-0.2, 0) is 38.2 Å². The van der Waals surface area contributed by atoms with Crippen LogP contribution in [0, 0.1) is 33.2 Å². The summed E-state index contributed by atoms with van der Waals surface area (Å²) < 4.78 is 51.3. The standard InChI is InChI=1S/C21H28O5.C6H14O6S2.C5H5N5S/c1-19-7-5-13(23)9-12(19)3-4-14-15-6-8-21(26,17(25)11-22)20(15,2)10-16(24)18(14)19;1-13(7,8)11-5-3-4-6-12-14(2,9)10;6-5-9-3-2(4(11)10-5)7-1-8-3/h5,7,9,14-16,18,22,24,26H,3-4,6,8,10-11H2,1-2H3;3-6H2,1-2H3;1H,(H4,6,7,8,9,10,11)/t14-,15-,16-,18+,19-,20-,21-;;/m0../s1. The molecule has 284 valence electrons. The number of allylic oxidation sites excluding steroid dienone is 4. The molecule has 4 aliphatic carbocycles. The van der Waals surface area contributed by atoms with Crippen molar-refractivity contribution >= 4 is 61.1 Å². The highest BCUT2D eigenvalue weighted by atomic mass is 32.2. The predicted octanol–water partition coefficient (Wildman–Crippen LogP) is 1.87. The van der Waals surface area contributed by atoms with E-state index < -0.39 is 49.7 Å². The van der Waals surface area contributed by atoms with E-state index in [4.69, 9.17) is 18.0 Å². The molecule has 3 saturated carbocycles. The van der Waals surface area contributed by atoms with Crippen LogP contribution < -0.4 is 5.73 Å². The number of unbranched alkanes of at least 4 members (excludes halogenated alkanes) is 1. The third-order valence-corrected chi connectivity index (χ3v) is 12.2. The molecule has 6 rings (SSSR count). The fourth-order valence-electron chi connectivity index (χ4n) is 8.40. The Morgan fingerprint density at radius 1 is 1.12 bits per heavy atom. The first-order chi connectivity index (χ1) is 23.6. The van der Waals surface area contributed by atoms with Crippen LogP contribution in [0.4, 0.5) is 5.95 Å². The predicted molar refractivity (Wildman–Crippen MR) is 189 cm³/mol. The lowest BCUT2D eigenvalue weighted by Gasteiger charge is -2.59. The molecule has 3 fully saturated rings. The number of fused-ring (bicyclic) bond motifs is 6. The lowest BCUT2D eigenvalue weighted by molar-refractivity contribution is -0.178. The van der Waals surface area contributed by atoms with Crippen molar-refractivity contribution in [2.45, 2.75) is 70.5 Å². The number of Topliss-reactive ketones (excluding diaryl/α,β-unsaturated/α-hetero) is 1. The smallest absolute Gasteiger partial charge is 0.264 e. The van der Waals surface area contributed by atoms with Crippen LogP contribution in [0.15, 0.2) is 30.1 Å². The summed E-state index contributed by atoms with van der Waals surface area (Å²) in [5, 5.41) is 31.7. The first-order valence-corrected chi connectivity index (χ1v) is 20.6. The topological polar surface area (TPSA) is 265 Å². The van der Waals surface area contributed by atoms with E-state index in [1.807, 2.05) is 13.0 Å². The SMILES string of the molecule is CS(=O)(=O)OCCCCOS(C)(=O)=O.C[C@]12C=CC(=O)C=C1CC[C@@H]1[C@@H]2[C@@H](O)C[C@@]2(C)[C@H]1CC[C@]2(O)C(=O)CO.Nc1nc2nc[nH]c2c(=S)[nH]1. The summed E-state index contributed by atoms with van der Waals surface area (Å²) >= 11 is 4.95. The Labute approximate surface area is 302 Å². The number of aliphatic hydroxyl groups is 3. The Balaban J connectivity index is 0.000000196. The molecule has 0 unspecified atom stereocenters. The van der Waals surface area contributed by atoms with Gasteiger partial charge in [-0.25, -0.2) is 4.98 Å². The number of hydrogen-bond donors (Lipinski definition) is 6. The molecule has 0 amide bonds. The fraction of sp³-hybridized carbons (Fsp3) is 0.656. The number of nitrogens with two attached hydrogens (primary N) is 1. The number of anilines is 1. The summed E-state index contributed by atoms with van der Waals surface area (Å²) in [4.78, 5) is 37.5. The number of aliphatic hydroxyl groups excluding tert-OH is 2. The molecular weight excluding hydrogens is 727 g/mol. The van der Waals surface area contributed by atoms with Crippen molar-refractivity contribution in [3.63, 3.8) is 0 Å². The van der Waals surface area contributed by atoms with Gasteiger partial charge in [-0.2, -0.15) is 21.8 Å². The quantitative estimate of drug-likeness (QED) is 0.121. The minimum Gasteiger partial charge on any atom is -0.393 e. The molecule has 2 heterocycles. The highest BCUT2D eigenvalue weighted by molar-refractivity contribution is 7.86. The second-order valence-corrected chi connectivity index (χ2v) is 17.7. The van der Waals surface area contributed by atoms with Gasteiger partial charge in [-0.15, -0.1) is 0 Å². The van der Waals surface area contributed by atoms with Gasteiger partial charge < -0.3 is 31.0 Å². The van der Waals surface area contributed by atoms with E-state index in [2.05, 4.69) is 35.2 Å². The number of aromatic nitrogens is 4. The molecule has 7 N–H and O–H groups in total. The number of nitrogens with one attached hydrogen (secondary N) is 2. The molecule has 51 heavy (non-hydrogen) atoms. The van der Waals surface area contributed by atoms with E-state index in [9.17, 15) is 41.7 Å². The van der Waals surface area contributed by atoms with Crippen LogP contribution in [0.5, 0.6) is 0 Å².